The van der Waals surface area contributed by atoms with E-state index in [-0.39, 0.29) is 12.3 Å². The van der Waals surface area contributed by atoms with Gasteiger partial charge in [0, 0.05) is 6.20 Å². The molecule has 0 saturated heterocycles. The highest BCUT2D eigenvalue weighted by Gasteiger charge is 2.08. The molecular weight excluding hydrogens is 296 g/mol. The lowest BCUT2D eigenvalue weighted by Crippen LogP contribution is -2.16. The molecule has 0 bridgehead atoms. The number of carbonyl (C=O) groups is 1. The Morgan fingerprint density at radius 1 is 1.33 bits per heavy atom. The minimum atomic E-state index is -0.159. The molecule has 18 heavy (non-hydrogen) atoms. The molecule has 1 amide bonds. The first-order chi connectivity index (χ1) is 8.65. The molecule has 0 spiro atoms. The fourth-order valence-electron chi connectivity index (χ4n) is 1.42. The Morgan fingerprint density at radius 3 is 2.83 bits per heavy atom. The van der Waals surface area contributed by atoms with Crippen LogP contribution in [-0.2, 0) is 11.2 Å². The maximum Gasteiger partial charge on any atom is 0.231 e. The quantitative estimate of drug-likeness (QED) is 0.943. The fourth-order valence-corrected chi connectivity index (χ4v) is 1.62. The molecular formula is C12H11BrN4O. The van der Waals surface area contributed by atoms with Gasteiger partial charge in [-0.15, -0.1) is 0 Å². The number of carbonyl (C=O) groups excluding carboxylic acids is 1. The summed E-state index contributed by atoms with van der Waals surface area (Å²) in [5, 5.41) is 2.67. The first kappa shape index (κ1) is 12.6. The molecule has 6 heteroatoms. The van der Waals surface area contributed by atoms with E-state index in [1.54, 1.807) is 6.20 Å². The Hall–Kier alpha value is -1.82. The van der Waals surface area contributed by atoms with E-state index in [2.05, 4.69) is 36.2 Å². The van der Waals surface area contributed by atoms with Crippen LogP contribution in [0.4, 0.5) is 5.82 Å². The second kappa shape index (κ2) is 5.68. The van der Waals surface area contributed by atoms with Crippen LogP contribution in [0.2, 0.25) is 0 Å². The zero-order chi connectivity index (χ0) is 13.0. The van der Waals surface area contributed by atoms with Crippen molar-refractivity contribution in [1.82, 2.24) is 15.0 Å². The number of hydrogen-bond donors (Lipinski definition) is 1. The van der Waals surface area contributed by atoms with Gasteiger partial charge in [-0.1, -0.05) is 6.07 Å². The highest BCUT2D eigenvalue weighted by molar-refractivity contribution is 9.10. The SMILES string of the molecule is Cc1cccnc1CC(=O)Nc1cnc(Br)cn1. The second-order valence-electron chi connectivity index (χ2n) is 3.72. The highest BCUT2D eigenvalue weighted by atomic mass is 79.9. The molecule has 2 aromatic heterocycles. The van der Waals surface area contributed by atoms with Crippen LogP contribution in [0.5, 0.6) is 0 Å². The molecule has 0 saturated carbocycles. The van der Waals surface area contributed by atoms with E-state index in [0.29, 0.717) is 10.4 Å². The summed E-state index contributed by atoms with van der Waals surface area (Å²) < 4.78 is 0.626. The van der Waals surface area contributed by atoms with E-state index in [4.69, 9.17) is 0 Å². The molecule has 0 aliphatic rings. The van der Waals surface area contributed by atoms with Crippen LogP contribution < -0.4 is 5.32 Å². The highest BCUT2D eigenvalue weighted by Crippen LogP contribution is 2.08. The van der Waals surface area contributed by atoms with E-state index >= 15 is 0 Å². The minimum Gasteiger partial charge on any atom is -0.309 e. The van der Waals surface area contributed by atoms with Crippen molar-refractivity contribution in [1.29, 1.82) is 0 Å². The van der Waals surface area contributed by atoms with E-state index in [9.17, 15) is 4.79 Å². The molecule has 2 heterocycles. The maximum absolute atomic E-state index is 11.8. The van der Waals surface area contributed by atoms with Gasteiger partial charge in [-0.25, -0.2) is 9.97 Å². The number of nitrogens with zero attached hydrogens (tertiary/aromatic N) is 3. The molecule has 0 atom stereocenters. The van der Waals surface area contributed by atoms with Crippen LogP contribution in [0.15, 0.2) is 35.3 Å². The van der Waals surface area contributed by atoms with Crippen molar-refractivity contribution in [2.45, 2.75) is 13.3 Å². The Labute approximate surface area is 113 Å². The van der Waals surface area contributed by atoms with Gasteiger partial charge in [-0.3, -0.25) is 9.78 Å². The Bertz CT molecular complexity index is 556. The van der Waals surface area contributed by atoms with Crippen molar-refractivity contribution in [3.8, 4) is 0 Å². The van der Waals surface area contributed by atoms with Gasteiger partial charge in [0.15, 0.2) is 5.82 Å². The first-order valence-corrected chi connectivity index (χ1v) is 6.12. The summed E-state index contributed by atoms with van der Waals surface area (Å²) >= 11 is 3.18. The van der Waals surface area contributed by atoms with Crippen molar-refractivity contribution < 1.29 is 4.79 Å². The van der Waals surface area contributed by atoms with Gasteiger partial charge in [-0.05, 0) is 34.5 Å². The average Bonchev–Trinajstić information content (AvgIpc) is 2.35. The van der Waals surface area contributed by atoms with Gasteiger partial charge in [0.05, 0.1) is 24.5 Å². The van der Waals surface area contributed by atoms with Gasteiger partial charge in [0.1, 0.15) is 4.60 Å². The van der Waals surface area contributed by atoms with Crippen molar-refractivity contribution >= 4 is 27.7 Å². The predicted octanol–water partition coefficient (Wildman–Crippen LogP) is 2.12. The van der Waals surface area contributed by atoms with E-state index in [0.717, 1.165) is 11.3 Å². The van der Waals surface area contributed by atoms with Gasteiger partial charge in [-0.2, -0.15) is 0 Å². The van der Waals surface area contributed by atoms with Crippen LogP contribution in [0.1, 0.15) is 11.3 Å². The molecule has 0 radical (unpaired) electrons. The number of hydrogen-bond acceptors (Lipinski definition) is 4. The zero-order valence-electron chi connectivity index (χ0n) is 9.72. The molecule has 0 unspecified atom stereocenters. The largest absolute Gasteiger partial charge is 0.309 e. The summed E-state index contributed by atoms with van der Waals surface area (Å²) in [5.41, 5.74) is 1.76. The number of nitrogens with one attached hydrogen (secondary N) is 1. The normalized spacial score (nSPS) is 10.1. The standard InChI is InChI=1S/C12H11BrN4O/c1-8-3-2-4-14-9(8)5-12(18)17-11-7-15-10(13)6-16-11/h2-4,6-7H,5H2,1H3,(H,16,17,18). The number of halogens is 1. The second-order valence-corrected chi connectivity index (χ2v) is 4.53. The molecule has 92 valence electrons. The Morgan fingerprint density at radius 2 is 2.17 bits per heavy atom. The van der Waals surface area contributed by atoms with Crippen LogP contribution in [0, 0.1) is 6.92 Å². The third-order valence-electron chi connectivity index (χ3n) is 2.33. The number of anilines is 1. The molecule has 2 rings (SSSR count). The summed E-state index contributed by atoms with van der Waals surface area (Å²) in [7, 11) is 0. The lowest BCUT2D eigenvalue weighted by Gasteiger charge is -2.05. The van der Waals surface area contributed by atoms with Gasteiger partial charge < -0.3 is 5.32 Å². The number of aryl methyl sites for hydroxylation is 1. The van der Waals surface area contributed by atoms with Crippen molar-refractivity contribution in [2.24, 2.45) is 0 Å². The molecule has 5 nitrogen and oxygen atoms in total. The molecule has 0 aliphatic carbocycles. The molecule has 0 fully saturated rings. The van der Waals surface area contributed by atoms with Gasteiger partial charge in [0.2, 0.25) is 5.91 Å². The first-order valence-electron chi connectivity index (χ1n) is 5.33. The smallest absolute Gasteiger partial charge is 0.231 e. The predicted molar refractivity (Wildman–Crippen MR) is 71.0 cm³/mol. The van der Waals surface area contributed by atoms with Gasteiger partial charge >= 0.3 is 0 Å². The van der Waals surface area contributed by atoms with Crippen molar-refractivity contribution in [3.63, 3.8) is 0 Å². The summed E-state index contributed by atoms with van der Waals surface area (Å²) in [6.45, 7) is 1.93. The molecule has 1 N–H and O–H groups in total. The van der Waals surface area contributed by atoms with Crippen molar-refractivity contribution in [3.05, 3.63) is 46.6 Å². The number of rotatable bonds is 3. The summed E-state index contributed by atoms with van der Waals surface area (Å²) in [4.78, 5) is 24.0. The lowest BCUT2D eigenvalue weighted by molar-refractivity contribution is -0.115. The van der Waals surface area contributed by atoms with Gasteiger partial charge in [0.25, 0.3) is 0 Å². The number of aromatic nitrogens is 3. The summed E-state index contributed by atoms with van der Waals surface area (Å²) in [5.74, 6) is 0.269. The zero-order valence-corrected chi connectivity index (χ0v) is 11.3. The summed E-state index contributed by atoms with van der Waals surface area (Å²) in [6.07, 6.45) is 4.92. The fraction of sp³-hybridized carbons (Fsp3) is 0.167. The monoisotopic (exact) mass is 306 g/mol. The van der Waals surface area contributed by atoms with Crippen LogP contribution in [0.25, 0.3) is 0 Å². The maximum atomic E-state index is 11.8. The molecule has 0 aliphatic heterocycles. The third kappa shape index (κ3) is 3.33. The van der Waals surface area contributed by atoms with Crippen LogP contribution in [-0.4, -0.2) is 20.9 Å². The lowest BCUT2D eigenvalue weighted by atomic mass is 10.1. The molecule has 0 aromatic carbocycles. The number of amides is 1. The summed E-state index contributed by atoms with van der Waals surface area (Å²) in [6, 6.07) is 3.77. The topological polar surface area (TPSA) is 67.8 Å². The van der Waals surface area contributed by atoms with E-state index in [1.807, 2.05) is 19.1 Å². The minimum absolute atomic E-state index is 0.159. The Balaban J connectivity index is 2.01. The molecule has 2 aromatic rings. The van der Waals surface area contributed by atoms with E-state index in [1.165, 1.54) is 12.4 Å². The van der Waals surface area contributed by atoms with E-state index < -0.39 is 0 Å². The third-order valence-corrected chi connectivity index (χ3v) is 2.74. The number of pyridine rings is 1. The van der Waals surface area contributed by atoms with Crippen LogP contribution in [0.3, 0.4) is 0 Å². The van der Waals surface area contributed by atoms with Crippen molar-refractivity contribution in [2.75, 3.05) is 5.32 Å². The van der Waals surface area contributed by atoms with Crippen LogP contribution >= 0.6 is 15.9 Å². The Kier molecular flexibility index (Phi) is 3.99. The average molecular weight is 307 g/mol.